The molecule has 0 unspecified atom stereocenters. The molecule has 0 radical (unpaired) electrons. The van der Waals surface area contributed by atoms with E-state index in [4.69, 9.17) is 30.5 Å². The Morgan fingerprint density at radius 1 is 0.963 bits per heavy atom. The first kappa shape index (κ1) is 19.6. The lowest BCUT2D eigenvalue weighted by Crippen LogP contribution is -2.87. The molecule has 1 atom stereocenters. The second-order valence-corrected chi connectivity index (χ2v) is 6.70. The van der Waals surface area contributed by atoms with Crippen LogP contribution in [-0.2, 0) is 6.42 Å². The summed E-state index contributed by atoms with van der Waals surface area (Å²) in [5.41, 5.74) is 3.46. The molecule has 1 heterocycles. The highest BCUT2D eigenvalue weighted by Gasteiger charge is 2.30. The van der Waals surface area contributed by atoms with E-state index in [2.05, 4.69) is 17.4 Å². The van der Waals surface area contributed by atoms with Crippen LogP contribution in [0.4, 0.5) is 0 Å². The van der Waals surface area contributed by atoms with Crippen LogP contribution in [0.25, 0.3) is 0 Å². The molecule has 0 saturated heterocycles. The first-order valence-corrected chi connectivity index (χ1v) is 9.68. The fraction of sp³-hybridized carbons (Fsp3) is 0.429. The lowest BCUT2D eigenvalue weighted by atomic mass is 9.89. The quantitative estimate of drug-likeness (QED) is 0.785. The fourth-order valence-electron chi connectivity index (χ4n) is 3.63. The van der Waals surface area contributed by atoms with Crippen LogP contribution in [0.1, 0.15) is 36.6 Å². The smallest absolute Gasteiger partial charge is 0.179 e. The maximum atomic E-state index is 6.69. The molecule has 0 aliphatic carbocycles. The van der Waals surface area contributed by atoms with Crippen LogP contribution >= 0.6 is 11.6 Å². The van der Waals surface area contributed by atoms with Gasteiger partial charge in [-0.3, -0.25) is 0 Å². The number of methoxy groups -OCH3 is 2. The highest BCUT2D eigenvalue weighted by molar-refractivity contribution is 6.33. The van der Waals surface area contributed by atoms with Crippen LogP contribution in [0.3, 0.4) is 0 Å². The summed E-state index contributed by atoms with van der Waals surface area (Å²) in [4.78, 5) is 0. The molecule has 0 spiro atoms. The molecule has 2 aromatic carbocycles. The van der Waals surface area contributed by atoms with Gasteiger partial charge in [0.2, 0.25) is 0 Å². The molecule has 0 bridgehead atoms. The summed E-state index contributed by atoms with van der Waals surface area (Å²) < 4.78 is 22.5. The number of hydrogen-bond acceptors (Lipinski definition) is 4. The molecule has 146 valence electrons. The first-order chi connectivity index (χ1) is 13.1. The maximum absolute atomic E-state index is 6.69. The Hall–Kier alpha value is -2.11. The minimum Gasteiger partial charge on any atom is -0.493 e. The molecule has 2 N–H and O–H groups in total. The van der Waals surface area contributed by atoms with Crippen molar-refractivity contribution < 1.29 is 24.3 Å². The number of nitrogens with two attached hydrogens (primary N) is 1. The number of fused-ring (bicyclic) bond motifs is 1. The number of halogens is 1. The van der Waals surface area contributed by atoms with Crippen LogP contribution in [0.5, 0.6) is 23.0 Å². The molecule has 5 nitrogen and oxygen atoms in total. The average molecular weight is 393 g/mol. The second kappa shape index (κ2) is 8.72. The molecule has 1 aliphatic rings. The summed E-state index contributed by atoms with van der Waals surface area (Å²) in [5, 5.41) is 2.88. The summed E-state index contributed by atoms with van der Waals surface area (Å²) in [6.45, 7) is 6.13. The summed E-state index contributed by atoms with van der Waals surface area (Å²) in [6, 6.07) is 8.18. The molecule has 1 aliphatic heterocycles. The first-order valence-electron chi connectivity index (χ1n) is 9.30. The molecule has 0 amide bonds. The third-order valence-corrected chi connectivity index (χ3v) is 5.20. The topological polar surface area (TPSA) is 53.5 Å². The van der Waals surface area contributed by atoms with Gasteiger partial charge in [-0.15, -0.1) is 0 Å². The van der Waals surface area contributed by atoms with Gasteiger partial charge in [-0.25, -0.2) is 0 Å². The molecule has 0 fully saturated rings. The van der Waals surface area contributed by atoms with Gasteiger partial charge in [0.05, 0.1) is 39.0 Å². The van der Waals surface area contributed by atoms with Crippen LogP contribution < -0.4 is 24.3 Å². The average Bonchev–Trinajstić information content (AvgIpc) is 2.68. The normalized spacial score (nSPS) is 15.8. The van der Waals surface area contributed by atoms with E-state index in [1.54, 1.807) is 14.2 Å². The Kier molecular flexibility index (Phi) is 6.34. The molecule has 2 aromatic rings. The third-order valence-electron chi connectivity index (χ3n) is 4.81. The number of ether oxygens (including phenoxy) is 4. The van der Waals surface area contributed by atoms with E-state index >= 15 is 0 Å². The molecule has 0 saturated carbocycles. The van der Waals surface area contributed by atoms with Gasteiger partial charge in [0.1, 0.15) is 6.04 Å². The third kappa shape index (κ3) is 3.80. The zero-order valence-electron chi connectivity index (χ0n) is 16.3. The maximum Gasteiger partial charge on any atom is 0.179 e. The van der Waals surface area contributed by atoms with E-state index < -0.39 is 0 Å². The van der Waals surface area contributed by atoms with Gasteiger partial charge < -0.3 is 24.3 Å². The Morgan fingerprint density at radius 3 is 2.30 bits per heavy atom. The standard InChI is InChI=1S/C21H26ClNO4/c1-5-26-17-11-13-9-10-23-20(15(13)12-18(17)27-6-2)14-7-8-16(24-3)21(25-4)19(14)22/h7-8,11-12,20,23H,5-6,9-10H2,1-4H3/p+1/t20-/m1/s1. The van der Waals surface area contributed by atoms with E-state index in [0.29, 0.717) is 29.7 Å². The zero-order chi connectivity index (χ0) is 19.4. The van der Waals surface area contributed by atoms with E-state index in [0.717, 1.165) is 30.0 Å². The van der Waals surface area contributed by atoms with Gasteiger partial charge in [-0.2, -0.15) is 0 Å². The molecule has 27 heavy (non-hydrogen) atoms. The van der Waals surface area contributed by atoms with Crippen molar-refractivity contribution >= 4 is 11.6 Å². The second-order valence-electron chi connectivity index (χ2n) is 6.32. The van der Waals surface area contributed by atoms with Crippen LogP contribution in [0, 0.1) is 0 Å². The summed E-state index contributed by atoms with van der Waals surface area (Å²) in [6.07, 6.45) is 0.975. The lowest BCUT2D eigenvalue weighted by molar-refractivity contribution is -0.690. The Morgan fingerprint density at radius 2 is 1.67 bits per heavy atom. The van der Waals surface area contributed by atoms with Crippen molar-refractivity contribution in [2.24, 2.45) is 0 Å². The fourth-order valence-corrected chi connectivity index (χ4v) is 3.98. The van der Waals surface area contributed by atoms with Crippen molar-refractivity contribution in [1.29, 1.82) is 0 Å². The highest BCUT2D eigenvalue weighted by Crippen LogP contribution is 2.42. The zero-order valence-corrected chi connectivity index (χ0v) is 17.1. The van der Waals surface area contributed by atoms with Crippen molar-refractivity contribution in [1.82, 2.24) is 0 Å². The van der Waals surface area contributed by atoms with E-state index in [1.807, 2.05) is 26.0 Å². The molecule has 6 heteroatoms. The van der Waals surface area contributed by atoms with Crippen molar-refractivity contribution in [2.45, 2.75) is 26.3 Å². The van der Waals surface area contributed by atoms with E-state index in [9.17, 15) is 0 Å². The van der Waals surface area contributed by atoms with Crippen LogP contribution in [0.15, 0.2) is 24.3 Å². The lowest BCUT2D eigenvalue weighted by Gasteiger charge is -2.27. The molecular formula is C21H27ClNO4+. The Bertz CT molecular complexity index is 809. The summed E-state index contributed by atoms with van der Waals surface area (Å²) in [7, 11) is 3.22. The monoisotopic (exact) mass is 392 g/mol. The number of quaternary nitrogens is 1. The van der Waals surface area contributed by atoms with Gasteiger partial charge in [-0.1, -0.05) is 11.6 Å². The largest absolute Gasteiger partial charge is 0.493 e. The highest BCUT2D eigenvalue weighted by atomic mass is 35.5. The van der Waals surface area contributed by atoms with Crippen LogP contribution in [-0.4, -0.2) is 34.0 Å². The van der Waals surface area contributed by atoms with Crippen molar-refractivity contribution in [3.63, 3.8) is 0 Å². The van der Waals surface area contributed by atoms with E-state index in [-0.39, 0.29) is 6.04 Å². The van der Waals surface area contributed by atoms with Crippen LogP contribution in [0.2, 0.25) is 5.02 Å². The van der Waals surface area contributed by atoms with Gasteiger partial charge in [0.15, 0.2) is 23.0 Å². The number of hydrogen-bond donors (Lipinski definition) is 1. The predicted octanol–water partition coefficient (Wildman–Crippen LogP) is 3.36. The molecule has 0 aromatic heterocycles. The SMILES string of the molecule is CCOc1cc2c(cc1OCC)[C@@H](c1ccc(OC)c(OC)c1Cl)[NH2+]CC2. The van der Waals surface area contributed by atoms with Gasteiger partial charge >= 0.3 is 0 Å². The Labute approximate surface area is 165 Å². The van der Waals surface area contributed by atoms with Gasteiger partial charge in [0.25, 0.3) is 0 Å². The summed E-state index contributed by atoms with van der Waals surface area (Å²) in [5.74, 6) is 2.77. The number of benzene rings is 2. The summed E-state index contributed by atoms with van der Waals surface area (Å²) >= 11 is 6.69. The number of rotatable bonds is 7. The van der Waals surface area contributed by atoms with E-state index in [1.165, 1.54) is 11.1 Å². The minimum atomic E-state index is 0.0657. The van der Waals surface area contributed by atoms with Crippen molar-refractivity contribution in [3.8, 4) is 23.0 Å². The molecular weight excluding hydrogens is 366 g/mol. The van der Waals surface area contributed by atoms with Crippen molar-refractivity contribution in [3.05, 3.63) is 46.0 Å². The Balaban J connectivity index is 2.10. The van der Waals surface area contributed by atoms with Gasteiger partial charge in [0, 0.05) is 17.5 Å². The molecule has 3 rings (SSSR count). The predicted molar refractivity (Wildman–Crippen MR) is 106 cm³/mol. The van der Waals surface area contributed by atoms with Crippen molar-refractivity contribution in [2.75, 3.05) is 34.0 Å². The van der Waals surface area contributed by atoms with Gasteiger partial charge in [-0.05, 0) is 43.7 Å². The minimum absolute atomic E-state index is 0.0657.